The van der Waals surface area contributed by atoms with Crippen LogP contribution in [0.3, 0.4) is 0 Å². The van der Waals surface area contributed by atoms with E-state index in [1.165, 1.54) is 0 Å². The summed E-state index contributed by atoms with van der Waals surface area (Å²) in [6.07, 6.45) is 0. The molecule has 7 nitrogen and oxygen atoms in total. The van der Waals surface area contributed by atoms with Gasteiger partial charge in [0.05, 0.1) is 27.8 Å². The van der Waals surface area contributed by atoms with Crippen molar-refractivity contribution in [2.24, 2.45) is 0 Å². The van der Waals surface area contributed by atoms with Crippen LogP contribution in [0.4, 0.5) is 0 Å². The second-order valence-corrected chi connectivity index (χ2v) is 11.5. The molecule has 0 saturated heterocycles. The number of aromatic nitrogens is 4. The lowest BCUT2D eigenvalue weighted by Crippen LogP contribution is -2.05. The minimum Gasteiger partial charge on any atom is -0.456 e. The molecule has 6 aromatic carbocycles. The van der Waals surface area contributed by atoms with E-state index in [4.69, 9.17) is 19.4 Å². The average Bonchev–Trinajstić information content (AvgIpc) is 3.68. The Morgan fingerprint density at radius 3 is 1.77 bits per heavy atom. The third kappa shape index (κ3) is 4.16. The lowest BCUT2D eigenvalue weighted by Gasteiger charge is -2.14. The van der Waals surface area contributed by atoms with Crippen LogP contribution in [0.2, 0.25) is 0 Å². The summed E-state index contributed by atoms with van der Waals surface area (Å²) in [5, 5.41) is 25.3. The Morgan fingerprint density at radius 1 is 0.479 bits per heavy atom. The van der Waals surface area contributed by atoms with Gasteiger partial charge in [0.15, 0.2) is 17.5 Å². The first kappa shape index (κ1) is 27.2. The molecular weight excluding hydrogens is 592 g/mol. The summed E-state index contributed by atoms with van der Waals surface area (Å²) in [6.45, 7) is 0. The molecule has 9 rings (SSSR count). The van der Waals surface area contributed by atoms with E-state index in [1.807, 2.05) is 115 Å². The lowest BCUT2D eigenvalue weighted by atomic mass is 9.99. The molecule has 48 heavy (non-hydrogen) atoms. The predicted molar refractivity (Wildman–Crippen MR) is 187 cm³/mol. The van der Waals surface area contributed by atoms with Crippen molar-refractivity contribution in [3.8, 4) is 52.0 Å². The summed E-state index contributed by atoms with van der Waals surface area (Å²) >= 11 is 0. The Morgan fingerprint density at radius 2 is 1.08 bits per heavy atom. The van der Waals surface area contributed by atoms with Crippen LogP contribution in [0.15, 0.2) is 138 Å². The van der Waals surface area contributed by atoms with Crippen molar-refractivity contribution in [1.29, 1.82) is 10.5 Å². The standard InChI is InChI=1S/C41H22N6O/c42-23-32-29(41-45-39(25-11-3-1-4-12-25)44-40(46-41)26-13-5-2-6-14-26)19-20-35(33(32)24-43)47-34-17-9-7-15-27(34)30-22-38-31(21-36(30)47)28-16-8-10-18-37(28)48-38/h1-22H. The molecule has 0 bridgehead atoms. The molecule has 3 aromatic heterocycles. The Bertz CT molecular complexity index is 2740. The SMILES string of the molecule is N#Cc1c(-c2nc(-c3ccccc3)nc(-c3ccccc3)n2)ccc(-n2c3ccccc3c3cc4oc5ccccc5c4cc32)c1C#N. The molecule has 0 spiro atoms. The highest BCUT2D eigenvalue weighted by molar-refractivity contribution is 6.17. The first-order valence-electron chi connectivity index (χ1n) is 15.4. The zero-order valence-corrected chi connectivity index (χ0v) is 25.3. The van der Waals surface area contributed by atoms with Crippen LogP contribution in [-0.4, -0.2) is 19.5 Å². The van der Waals surface area contributed by atoms with Crippen LogP contribution < -0.4 is 0 Å². The number of para-hydroxylation sites is 2. The minimum atomic E-state index is 0.194. The van der Waals surface area contributed by atoms with Gasteiger partial charge in [-0.05, 0) is 36.4 Å². The first-order valence-corrected chi connectivity index (χ1v) is 15.4. The Kier molecular flexibility index (Phi) is 6.11. The smallest absolute Gasteiger partial charge is 0.165 e. The molecule has 0 atom stereocenters. The number of fused-ring (bicyclic) bond motifs is 6. The van der Waals surface area contributed by atoms with E-state index in [2.05, 4.69) is 34.9 Å². The van der Waals surface area contributed by atoms with Crippen molar-refractivity contribution in [2.75, 3.05) is 0 Å². The van der Waals surface area contributed by atoms with E-state index < -0.39 is 0 Å². The molecule has 3 heterocycles. The van der Waals surface area contributed by atoms with Gasteiger partial charge in [-0.1, -0.05) is 97.1 Å². The van der Waals surface area contributed by atoms with E-state index >= 15 is 0 Å². The van der Waals surface area contributed by atoms with Crippen molar-refractivity contribution < 1.29 is 4.42 Å². The van der Waals surface area contributed by atoms with E-state index in [-0.39, 0.29) is 11.1 Å². The molecule has 0 radical (unpaired) electrons. The highest BCUT2D eigenvalue weighted by Gasteiger charge is 2.23. The minimum absolute atomic E-state index is 0.194. The van der Waals surface area contributed by atoms with Crippen LogP contribution in [0.1, 0.15) is 11.1 Å². The van der Waals surface area contributed by atoms with Gasteiger partial charge in [-0.3, -0.25) is 0 Å². The lowest BCUT2D eigenvalue weighted by molar-refractivity contribution is 0.669. The number of hydrogen-bond donors (Lipinski definition) is 0. The van der Waals surface area contributed by atoms with E-state index in [0.29, 0.717) is 28.7 Å². The van der Waals surface area contributed by atoms with Crippen LogP contribution >= 0.6 is 0 Å². The molecule has 0 aliphatic heterocycles. The van der Waals surface area contributed by atoms with Crippen LogP contribution in [0, 0.1) is 22.7 Å². The highest BCUT2D eigenvalue weighted by atomic mass is 16.3. The quantitative estimate of drug-likeness (QED) is 0.195. The Labute approximate surface area is 274 Å². The van der Waals surface area contributed by atoms with Crippen molar-refractivity contribution in [3.63, 3.8) is 0 Å². The second-order valence-electron chi connectivity index (χ2n) is 11.5. The van der Waals surface area contributed by atoms with Crippen molar-refractivity contribution in [2.45, 2.75) is 0 Å². The monoisotopic (exact) mass is 614 g/mol. The van der Waals surface area contributed by atoms with Gasteiger partial charge in [0.25, 0.3) is 0 Å². The maximum absolute atomic E-state index is 10.7. The van der Waals surface area contributed by atoms with Gasteiger partial charge < -0.3 is 8.98 Å². The Hall–Kier alpha value is -7.09. The normalized spacial score (nSPS) is 11.3. The van der Waals surface area contributed by atoms with Crippen LogP contribution in [0.25, 0.3) is 83.6 Å². The van der Waals surface area contributed by atoms with E-state index in [0.717, 1.165) is 54.9 Å². The first-order chi connectivity index (χ1) is 23.7. The van der Waals surface area contributed by atoms with Crippen molar-refractivity contribution >= 4 is 43.7 Å². The number of rotatable bonds is 4. The van der Waals surface area contributed by atoms with Gasteiger partial charge in [-0.25, -0.2) is 15.0 Å². The summed E-state index contributed by atoms with van der Waals surface area (Å²) in [5.74, 6) is 1.27. The molecule has 7 heteroatoms. The van der Waals surface area contributed by atoms with Crippen molar-refractivity contribution in [1.82, 2.24) is 19.5 Å². The molecule has 0 aliphatic rings. The summed E-state index contributed by atoms with van der Waals surface area (Å²) in [4.78, 5) is 14.4. The highest BCUT2D eigenvalue weighted by Crippen LogP contribution is 2.40. The van der Waals surface area contributed by atoms with Gasteiger partial charge in [-0.15, -0.1) is 0 Å². The topological polar surface area (TPSA) is 104 Å². The molecule has 222 valence electrons. The number of nitriles is 2. The Balaban J connectivity index is 1.31. The average molecular weight is 615 g/mol. The summed E-state index contributed by atoms with van der Waals surface area (Å²) in [7, 11) is 0. The van der Waals surface area contributed by atoms with E-state index in [9.17, 15) is 10.5 Å². The van der Waals surface area contributed by atoms with Crippen molar-refractivity contribution in [3.05, 3.63) is 145 Å². The maximum atomic E-state index is 10.7. The van der Waals surface area contributed by atoms with Gasteiger partial charge in [-0.2, -0.15) is 10.5 Å². The summed E-state index contributed by atoms with van der Waals surface area (Å²) in [5.41, 5.74) is 6.53. The number of nitrogens with zero attached hydrogens (tertiary/aromatic N) is 6. The van der Waals surface area contributed by atoms with Gasteiger partial charge in [0, 0.05) is 38.2 Å². The van der Waals surface area contributed by atoms with Crippen LogP contribution in [0.5, 0.6) is 0 Å². The number of furan rings is 1. The van der Waals surface area contributed by atoms with E-state index in [1.54, 1.807) is 0 Å². The molecule has 0 N–H and O–H groups in total. The summed E-state index contributed by atoms with van der Waals surface area (Å²) < 4.78 is 8.29. The second kappa shape index (κ2) is 10.8. The number of benzene rings is 6. The van der Waals surface area contributed by atoms with Gasteiger partial charge >= 0.3 is 0 Å². The fraction of sp³-hybridized carbons (Fsp3) is 0. The molecular formula is C41H22N6O. The fourth-order valence-electron chi connectivity index (χ4n) is 6.57. The zero-order chi connectivity index (χ0) is 32.2. The maximum Gasteiger partial charge on any atom is 0.165 e. The predicted octanol–water partition coefficient (Wildman–Crippen LogP) is 9.61. The third-order valence-corrected chi connectivity index (χ3v) is 8.76. The van der Waals surface area contributed by atoms with Gasteiger partial charge in [0.2, 0.25) is 0 Å². The molecule has 0 saturated carbocycles. The molecule has 0 fully saturated rings. The molecule has 0 aliphatic carbocycles. The summed E-state index contributed by atoms with van der Waals surface area (Å²) in [6, 6.07) is 47.9. The zero-order valence-electron chi connectivity index (χ0n) is 25.3. The molecule has 9 aromatic rings. The van der Waals surface area contributed by atoms with Crippen LogP contribution in [-0.2, 0) is 0 Å². The van der Waals surface area contributed by atoms with Gasteiger partial charge in [0.1, 0.15) is 23.3 Å². The fourth-order valence-corrected chi connectivity index (χ4v) is 6.57. The largest absolute Gasteiger partial charge is 0.456 e. The molecule has 0 unspecified atom stereocenters. The third-order valence-electron chi connectivity index (χ3n) is 8.76. The molecule has 0 amide bonds. The number of hydrogen-bond acceptors (Lipinski definition) is 6.